The first-order valence-corrected chi connectivity index (χ1v) is 10.2. The molecule has 2 aliphatic rings. The van der Waals surface area contributed by atoms with E-state index in [4.69, 9.17) is 16.3 Å². The van der Waals surface area contributed by atoms with Crippen LogP contribution >= 0.6 is 11.6 Å². The minimum absolute atomic E-state index is 0.108. The maximum atomic E-state index is 13.5. The van der Waals surface area contributed by atoms with E-state index in [1.165, 1.54) is 24.4 Å². The summed E-state index contributed by atoms with van der Waals surface area (Å²) in [6, 6.07) is 9.67. The molecule has 1 amide bonds. The zero-order chi connectivity index (χ0) is 23.2. The lowest BCUT2D eigenvalue weighted by Gasteiger charge is -2.15. The van der Waals surface area contributed by atoms with Gasteiger partial charge in [-0.05, 0) is 42.3 Å². The zero-order valence-electron chi connectivity index (χ0n) is 17.0. The smallest absolute Gasteiger partial charge is 0.445 e. The Morgan fingerprint density at radius 2 is 2.06 bits per heavy atom. The molecule has 0 fully saturated rings. The maximum Gasteiger partial charge on any atom is 0.586 e. The van der Waals surface area contributed by atoms with E-state index >= 15 is 0 Å². The molecular weight excluding hydrogens is 460 g/mol. The molecule has 5 rings (SSSR count). The highest BCUT2D eigenvalue weighted by Gasteiger charge is 2.44. The predicted octanol–water partition coefficient (Wildman–Crippen LogP) is 5.24. The second-order valence-corrected chi connectivity index (χ2v) is 7.70. The summed E-state index contributed by atoms with van der Waals surface area (Å²) in [6.07, 6.45) is -2.87. The van der Waals surface area contributed by atoms with Gasteiger partial charge in [0.1, 0.15) is 11.6 Å². The molecule has 12 heteroatoms. The van der Waals surface area contributed by atoms with Crippen LogP contribution in [0.4, 0.5) is 36.7 Å². The Bertz CT molecular complexity index is 1260. The lowest BCUT2D eigenvalue weighted by molar-refractivity contribution is -0.286. The number of aromatic nitrogens is 2. The summed E-state index contributed by atoms with van der Waals surface area (Å²) in [5.74, 6) is 0.114. The molecule has 3 N–H and O–H groups in total. The average Bonchev–Trinajstić information content (AvgIpc) is 3.02. The molecule has 2 aromatic carbocycles. The first-order valence-electron chi connectivity index (χ1n) is 9.79. The van der Waals surface area contributed by atoms with Crippen LogP contribution in [0.5, 0.6) is 11.5 Å². The van der Waals surface area contributed by atoms with Crippen molar-refractivity contribution in [3.05, 3.63) is 58.7 Å². The first kappa shape index (κ1) is 21.0. The fraction of sp³-hybridized carbons (Fsp3) is 0.190. The summed E-state index contributed by atoms with van der Waals surface area (Å²) < 4.78 is 41.1. The predicted molar refractivity (Wildman–Crippen MR) is 114 cm³/mol. The van der Waals surface area contributed by atoms with Gasteiger partial charge < -0.3 is 30.2 Å². The van der Waals surface area contributed by atoms with Gasteiger partial charge in [0.05, 0.1) is 17.9 Å². The van der Waals surface area contributed by atoms with Crippen LogP contribution in [-0.2, 0) is 11.3 Å². The Morgan fingerprint density at radius 3 is 2.91 bits per heavy atom. The highest BCUT2D eigenvalue weighted by molar-refractivity contribution is 6.33. The molecular formula is C21H16ClF2N5O4. The van der Waals surface area contributed by atoms with Crippen molar-refractivity contribution in [1.29, 1.82) is 0 Å². The average molecular weight is 476 g/mol. The van der Waals surface area contributed by atoms with Gasteiger partial charge in [-0.2, -0.15) is 4.98 Å². The number of rotatable bonds is 4. The minimum Gasteiger partial charge on any atom is -0.445 e. The summed E-state index contributed by atoms with van der Waals surface area (Å²) in [5.41, 5.74) is 2.63. The second kappa shape index (κ2) is 7.93. The van der Waals surface area contributed by atoms with Gasteiger partial charge in [-0.1, -0.05) is 23.7 Å². The van der Waals surface area contributed by atoms with Crippen LogP contribution in [0.2, 0.25) is 5.02 Å². The Labute approximate surface area is 191 Å². The number of hydrogen-bond donors (Lipinski definition) is 3. The second-order valence-electron chi connectivity index (χ2n) is 7.30. The molecule has 9 nitrogen and oxygen atoms in total. The van der Waals surface area contributed by atoms with Crippen LogP contribution in [0.1, 0.15) is 24.1 Å². The third-order valence-electron chi connectivity index (χ3n) is 4.99. The van der Waals surface area contributed by atoms with Crippen LogP contribution in [0.25, 0.3) is 0 Å². The van der Waals surface area contributed by atoms with Crippen molar-refractivity contribution < 1.29 is 27.8 Å². The van der Waals surface area contributed by atoms with Gasteiger partial charge in [0.15, 0.2) is 17.3 Å². The normalized spacial score (nSPS) is 17.9. The highest BCUT2D eigenvalue weighted by atomic mass is 35.5. The van der Waals surface area contributed by atoms with Crippen LogP contribution < -0.4 is 25.4 Å². The number of nitrogens with zero attached hydrogens (tertiary/aromatic N) is 2. The number of nitrogens with one attached hydrogen (secondary N) is 3. The molecule has 3 aromatic rings. The number of halogens is 3. The molecule has 1 atom stereocenters. The molecule has 0 unspecified atom stereocenters. The highest BCUT2D eigenvalue weighted by Crippen LogP contribution is 2.46. The van der Waals surface area contributed by atoms with Crippen molar-refractivity contribution >= 4 is 40.8 Å². The van der Waals surface area contributed by atoms with E-state index in [0.717, 1.165) is 11.1 Å². The topological polar surface area (TPSA) is 107 Å². The third-order valence-corrected chi connectivity index (χ3v) is 5.26. The number of alkyl halides is 2. The molecule has 1 aromatic heterocycles. The zero-order valence-corrected chi connectivity index (χ0v) is 17.7. The van der Waals surface area contributed by atoms with Crippen molar-refractivity contribution in [2.45, 2.75) is 25.9 Å². The fourth-order valence-corrected chi connectivity index (χ4v) is 3.62. The van der Waals surface area contributed by atoms with Crippen molar-refractivity contribution in [3.63, 3.8) is 0 Å². The largest absolute Gasteiger partial charge is 0.586 e. The number of carbonyl (C=O) groups is 1. The molecule has 3 heterocycles. The number of ether oxygens (including phenoxy) is 3. The molecule has 0 bridgehead atoms. The van der Waals surface area contributed by atoms with Gasteiger partial charge in [-0.15, -0.1) is 8.78 Å². The third kappa shape index (κ3) is 4.27. The summed E-state index contributed by atoms with van der Waals surface area (Å²) in [5, 5.41) is 8.86. The number of para-hydroxylation sites is 1. The first-order chi connectivity index (χ1) is 15.8. The van der Waals surface area contributed by atoms with Gasteiger partial charge in [0.2, 0.25) is 5.95 Å². The molecule has 170 valence electrons. The molecule has 0 radical (unpaired) electrons. The van der Waals surface area contributed by atoms with Crippen LogP contribution in [0.3, 0.4) is 0 Å². The molecule has 0 saturated carbocycles. The number of cyclic esters (lactones) is 1. The Hall–Kier alpha value is -3.86. The summed E-state index contributed by atoms with van der Waals surface area (Å²) in [7, 11) is 0. The monoisotopic (exact) mass is 475 g/mol. The molecule has 0 aliphatic carbocycles. The number of alkyl carbamates (subject to hydrolysis) is 1. The maximum absolute atomic E-state index is 13.5. The van der Waals surface area contributed by atoms with Crippen molar-refractivity contribution in [3.8, 4) is 11.5 Å². The van der Waals surface area contributed by atoms with Crippen LogP contribution in [0, 0.1) is 0 Å². The van der Waals surface area contributed by atoms with Crippen molar-refractivity contribution in [2.75, 3.05) is 10.6 Å². The lowest BCUT2D eigenvalue weighted by atomic mass is 10.0. The number of anilines is 4. The quantitative estimate of drug-likeness (QED) is 0.470. The van der Waals surface area contributed by atoms with Crippen LogP contribution in [0.15, 0.2) is 42.6 Å². The number of benzene rings is 2. The van der Waals surface area contributed by atoms with Gasteiger partial charge in [0, 0.05) is 5.69 Å². The van der Waals surface area contributed by atoms with E-state index in [9.17, 15) is 13.6 Å². The van der Waals surface area contributed by atoms with E-state index in [-0.39, 0.29) is 46.6 Å². The number of hydrogen-bond acceptors (Lipinski definition) is 8. The van der Waals surface area contributed by atoms with Gasteiger partial charge in [-0.3, -0.25) is 0 Å². The Kier molecular flexibility index (Phi) is 5.05. The minimum atomic E-state index is -3.75. The number of carbonyl (C=O) groups excluding carboxylic acids is 1. The van der Waals surface area contributed by atoms with E-state index in [1.54, 1.807) is 6.07 Å². The molecule has 33 heavy (non-hydrogen) atoms. The molecule has 0 saturated heterocycles. The number of fused-ring (bicyclic) bond motifs is 2. The lowest BCUT2D eigenvalue weighted by Crippen LogP contribution is -2.26. The van der Waals surface area contributed by atoms with Gasteiger partial charge >= 0.3 is 12.4 Å². The van der Waals surface area contributed by atoms with E-state index < -0.39 is 12.4 Å². The van der Waals surface area contributed by atoms with E-state index in [2.05, 4.69) is 35.4 Å². The Morgan fingerprint density at radius 1 is 1.21 bits per heavy atom. The summed E-state index contributed by atoms with van der Waals surface area (Å²) in [6.45, 7) is 2.02. The standard InChI is InChI=1S/C21H16ClF2N5O4/c1-10-13-7-12(6-5-11(13)9-31-20(30)26-10)27-19-25-8-14(22)18(29-19)28-15-3-2-4-16-17(15)33-21(23,24)32-16/h2-8,10H,9H2,1H3,(H,26,30)(H2,25,27,28,29)/t10-/m1/s1. The van der Waals surface area contributed by atoms with Crippen LogP contribution in [-0.4, -0.2) is 22.4 Å². The SMILES string of the molecule is C[C@H]1NC(=O)OCc2ccc(Nc3ncc(Cl)c(Nc4cccc5c4OC(F)(F)O5)n3)cc21. The molecule has 0 spiro atoms. The molecule has 2 aliphatic heterocycles. The van der Waals surface area contributed by atoms with Crippen molar-refractivity contribution in [2.24, 2.45) is 0 Å². The van der Waals surface area contributed by atoms with E-state index in [1.807, 2.05) is 19.1 Å². The van der Waals surface area contributed by atoms with Gasteiger partial charge in [-0.25, -0.2) is 9.78 Å². The van der Waals surface area contributed by atoms with Gasteiger partial charge in [0.25, 0.3) is 0 Å². The van der Waals surface area contributed by atoms with E-state index in [0.29, 0.717) is 5.69 Å². The van der Waals surface area contributed by atoms with Crippen molar-refractivity contribution in [1.82, 2.24) is 15.3 Å². The summed E-state index contributed by atoms with van der Waals surface area (Å²) >= 11 is 6.21. The number of amides is 1. The fourth-order valence-electron chi connectivity index (χ4n) is 3.49. The Balaban J connectivity index is 1.39. The summed E-state index contributed by atoms with van der Waals surface area (Å²) in [4.78, 5) is 20.1.